The summed E-state index contributed by atoms with van der Waals surface area (Å²) in [6, 6.07) is 13.8. The Bertz CT molecular complexity index is 990. The predicted molar refractivity (Wildman–Crippen MR) is 73.8 cm³/mol. The van der Waals surface area contributed by atoms with Crippen LogP contribution in [-0.2, 0) is 0 Å². The van der Waals surface area contributed by atoms with E-state index in [1.54, 1.807) is 28.9 Å². The van der Waals surface area contributed by atoms with Crippen molar-refractivity contribution >= 4 is 16.3 Å². The maximum atomic E-state index is 13.4. The van der Waals surface area contributed by atoms with Crippen LogP contribution in [0.15, 0.2) is 65.7 Å². The summed E-state index contributed by atoms with van der Waals surface area (Å²) < 4.78 is 16.4. The van der Waals surface area contributed by atoms with Crippen LogP contribution >= 0.6 is 0 Å². The standard InChI is InChI=1S/C16H10FN2O/c17-13-5-2-6-14(9-13)19-10-12-4-1-3-11-7-8-18(15(11)12)16(19)20/h1-10H/q+1. The van der Waals surface area contributed by atoms with Crippen LogP contribution in [0.3, 0.4) is 0 Å². The molecule has 20 heavy (non-hydrogen) atoms. The van der Waals surface area contributed by atoms with Gasteiger partial charge in [0.1, 0.15) is 23.9 Å². The summed E-state index contributed by atoms with van der Waals surface area (Å²) in [5, 5.41) is 1.96. The fourth-order valence-corrected chi connectivity index (χ4v) is 2.61. The number of para-hydroxylation sites is 1. The number of rotatable bonds is 1. The zero-order chi connectivity index (χ0) is 13.7. The van der Waals surface area contributed by atoms with Crippen molar-refractivity contribution in [1.82, 2.24) is 4.40 Å². The van der Waals surface area contributed by atoms with Crippen LogP contribution < -0.4 is 10.3 Å². The van der Waals surface area contributed by atoms with E-state index >= 15 is 0 Å². The van der Waals surface area contributed by atoms with Gasteiger partial charge in [0.25, 0.3) is 0 Å². The molecule has 0 fully saturated rings. The van der Waals surface area contributed by atoms with E-state index < -0.39 is 0 Å². The molecular formula is C16H10FN2O+. The van der Waals surface area contributed by atoms with Crippen LogP contribution in [-0.4, -0.2) is 4.40 Å². The highest BCUT2D eigenvalue weighted by Gasteiger charge is 2.17. The first-order valence-corrected chi connectivity index (χ1v) is 6.28. The first-order valence-electron chi connectivity index (χ1n) is 6.28. The minimum absolute atomic E-state index is 0.204. The summed E-state index contributed by atoms with van der Waals surface area (Å²) in [5.74, 6) is -0.361. The lowest BCUT2D eigenvalue weighted by atomic mass is 10.2. The first-order chi connectivity index (χ1) is 9.74. The van der Waals surface area contributed by atoms with Gasteiger partial charge in [-0.1, -0.05) is 18.2 Å². The molecule has 0 radical (unpaired) electrons. The minimum Gasteiger partial charge on any atom is -0.207 e. The first kappa shape index (κ1) is 11.1. The number of hydrogen-bond acceptors (Lipinski definition) is 1. The third-order valence-corrected chi connectivity index (χ3v) is 3.51. The van der Waals surface area contributed by atoms with Gasteiger partial charge in [-0.3, -0.25) is 0 Å². The summed E-state index contributed by atoms with van der Waals surface area (Å²) >= 11 is 0. The molecule has 0 bridgehead atoms. The second-order valence-electron chi connectivity index (χ2n) is 4.73. The molecule has 0 spiro atoms. The molecule has 0 aliphatic rings. The molecular weight excluding hydrogens is 255 g/mol. The molecule has 0 aliphatic carbocycles. The van der Waals surface area contributed by atoms with E-state index in [0.717, 1.165) is 16.3 Å². The largest absolute Gasteiger partial charge is 0.508 e. The minimum atomic E-state index is -0.361. The molecule has 2 aromatic heterocycles. The fraction of sp³-hybridized carbons (Fsp3) is 0. The fourth-order valence-electron chi connectivity index (χ4n) is 2.61. The van der Waals surface area contributed by atoms with E-state index in [-0.39, 0.29) is 11.5 Å². The van der Waals surface area contributed by atoms with Gasteiger partial charge in [0.2, 0.25) is 0 Å². The number of hydrogen-bond donors (Lipinski definition) is 0. The third kappa shape index (κ3) is 1.45. The molecule has 0 unspecified atom stereocenters. The van der Waals surface area contributed by atoms with Crippen LogP contribution in [0.2, 0.25) is 0 Å². The second kappa shape index (κ2) is 3.87. The van der Waals surface area contributed by atoms with Gasteiger partial charge < -0.3 is 0 Å². The van der Waals surface area contributed by atoms with Crippen molar-refractivity contribution in [2.24, 2.45) is 0 Å². The number of halogens is 1. The zero-order valence-corrected chi connectivity index (χ0v) is 10.5. The quantitative estimate of drug-likeness (QED) is 0.485. The van der Waals surface area contributed by atoms with E-state index in [4.69, 9.17) is 0 Å². The van der Waals surface area contributed by atoms with E-state index in [2.05, 4.69) is 0 Å². The van der Waals surface area contributed by atoms with Gasteiger partial charge >= 0.3 is 5.69 Å². The van der Waals surface area contributed by atoms with Crippen LogP contribution in [0.4, 0.5) is 4.39 Å². The number of aromatic nitrogens is 2. The molecule has 4 heteroatoms. The molecule has 0 saturated carbocycles. The van der Waals surface area contributed by atoms with Gasteiger partial charge in [-0.25, -0.2) is 4.39 Å². The molecule has 2 aromatic carbocycles. The molecule has 0 atom stereocenters. The highest BCUT2D eigenvalue weighted by Crippen LogP contribution is 2.19. The molecule has 0 N–H and O–H groups in total. The highest BCUT2D eigenvalue weighted by molar-refractivity contribution is 5.95. The maximum Gasteiger partial charge on any atom is 0.508 e. The van der Waals surface area contributed by atoms with Crippen LogP contribution in [0.1, 0.15) is 0 Å². The molecule has 96 valence electrons. The second-order valence-corrected chi connectivity index (χ2v) is 4.73. The topological polar surface area (TPSA) is 25.4 Å². The lowest BCUT2D eigenvalue weighted by Gasteiger charge is -2.01. The SMILES string of the molecule is O=c1n2ccc3cccc(c[n+]1-c1cccc(F)c1)c32. The monoisotopic (exact) mass is 265 g/mol. The normalized spacial score (nSPS) is 11.4. The summed E-state index contributed by atoms with van der Waals surface area (Å²) in [7, 11) is 0. The summed E-state index contributed by atoms with van der Waals surface area (Å²) in [6.07, 6.45) is 3.50. The van der Waals surface area contributed by atoms with Crippen molar-refractivity contribution < 1.29 is 8.96 Å². The van der Waals surface area contributed by atoms with Crippen molar-refractivity contribution in [3.8, 4) is 5.69 Å². The smallest absolute Gasteiger partial charge is 0.207 e. The Hall–Kier alpha value is -2.75. The summed E-state index contributed by atoms with van der Waals surface area (Å²) in [4.78, 5) is 12.5. The average Bonchev–Trinajstić information content (AvgIpc) is 2.88. The van der Waals surface area contributed by atoms with Gasteiger partial charge in [-0.2, -0.15) is 13.8 Å². The van der Waals surface area contributed by atoms with E-state index in [1.165, 1.54) is 16.7 Å². The van der Waals surface area contributed by atoms with E-state index in [1.807, 2.05) is 24.3 Å². The molecule has 2 heterocycles. The van der Waals surface area contributed by atoms with E-state index in [0.29, 0.717) is 5.69 Å². The molecule has 0 saturated heterocycles. The molecule has 4 aromatic rings. The number of nitrogens with zero attached hydrogens (tertiary/aromatic N) is 2. The molecule has 0 aliphatic heterocycles. The van der Waals surface area contributed by atoms with Gasteiger partial charge in [0, 0.05) is 11.5 Å². The summed E-state index contributed by atoms with van der Waals surface area (Å²) in [6.45, 7) is 0. The Morgan fingerprint density at radius 2 is 1.80 bits per heavy atom. The third-order valence-electron chi connectivity index (χ3n) is 3.51. The summed E-state index contributed by atoms with van der Waals surface area (Å²) in [5.41, 5.74) is 1.21. The Kier molecular flexibility index (Phi) is 2.15. The van der Waals surface area contributed by atoms with Crippen molar-refractivity contribution in [3.63, 3.8) is 0 Å². The van der Waals surface area contributed by atoms with Crippen molar-refractivity contribution in [1.29, 1.82) is 0 Å². The maximum absolute atomic E-state index is 13.4. The van der Waals surface area contributed by atoms with Crippen molar-refractivity contribution in [2.45, 2.75) is 0 Å². The van der Waals surface area contributed by atoms with Gasteiger partial charge in [0.05, 0.1) is 5.39 Å². The van der Waals surface area contributed by atoms with Crippen molar-refractivity contribution in [2.75, 3.05) is 0 Å². The Morgan fingerprint density at radius 3 is 2.65 bits per heavy atom. The zero-order valence-electron chi connectivity index (χ0n) is 10.5. The highest BCUT2D eigenvalue weighted by atomic mass is 19.1. The van der Waals surface area contributed by atoms with Crippen LogP contribution in [0, 0.1) is 5.82 Å². The molecule has 0 amide bonds. The van der Waals surface area contributed by atoms with Crippen molar-refractivity contribution in [3.05, 3.63) is 77.2 Å². The molecule has 3 nitrogen and oxygen atoms in total. The Labute approximate surface area is 113 Å². The van der Waals surface area contributed by atoms with Crippen LogP contribution in [0.25, 0.3) is 22.0 Å². The number of benzene rings is 2. The predicted octanol–water partition coefficient (Wildman–Crippen LogP) is 2.31. The van der Waals surface area contributed by atoms with E-state index in [9.17, 15) is 9.18 Å². The van der Waals surface area contributed by atoms with Gasteiger partial charge in [-0.15, -0.1) is 0 Å². The van der Waals surface area contributed by atoms with Crippen LogP contribution in [0.5, 0.6) is 0 Å². The lowest BCUT2D eigenvalue weighted by molar-refractivity contribution is -0.614. The molecule has 4 rings (SSSR count). The Morgan fingerprint density at radius 1 is 1.00 bits per heavy atom. The van der Waals surface area contributed by atoms with Gasteiger partial charge in [0.15, 0.2) is 5.52 Å². The Balaban J connectivity index is 2.15. The lowest BCUT2D eigenvalue weighted by Crippen LogP contribution is -2.50. The average molecular weight is 265 g/mol. The van der Waals surface area contributed by atoms with Gasteiger partial charge in [-0.05, 0) is 24.3 Å².